The Labute approximate surface area is 44.8 Å². The highest BCUT2D eigenvalue weighted by Gasteiger charge is 2.13. The molecule has 0 aromatic carbocycles. The van der Waals surface area contributed by atoms with E-state index in [-0.39, 0.29) is 0 Å². The van der Waals surface area contributed by atoms with E-state index in [0.717, 1.165) is 0 Å². The molecule has 0 saturated heterocycles. The maximum atomic E-state index is 9.02. The SMILES string of the molecule is CN(C)C(C)(C)O. The van der Waals surface area contributed by atoms with Crippen LogP contribution in [-0.2, 0) is 0 Å². The van der Waals surface area contributed by atoms with Crippen LogP contribution >= 0.6 is 0 Å². The minimum absolute atomic E-state index is 0.667. The first-order valence-corrected chi connectivity index (χ1v) is 2.34. The highest BCUT2D eigenvalue weighted by atomic mass is 16.3. The summed E-state index contributed by atoms with van der Waals surface area (Å²) in [6.07, 6.45) is 0. The molecule has 0 spiro atoms. The van der Waals surface area contributed by atoms with Gasteiger partial charge in [-0.3, -0.25) is 4.90 Å². The van der Waals surface area contributed by atoms with Gasteiger partial charge in [0.2, 0.25) is 0 Å². The molecule has 0 amide bonds. The van der Waals surface area contributed by atoms with Gasteiger partial charge in [0, 0.05) is 0 Å². The number of hydrogen-bond donors (Lipinski definition) is 1. The molecule has 7 heavy (non-hydrogen) atoms. The van der Waals surface area contributed by atoms with Gasteiger partial charge in [0.05, 0.1) is 0 Å². The van der Waals surface area contributed by atoms with Crippen LogP contribution in [0.1, 0.15) is 13.8 Å². The van der Waals surface area contributed by atoms with E-state index in [1.807, 2.05) is 14.1 Å². The minimum atomic E-state index is -0.667. The summed E-state index contributed by atoms with van der Waals surface area (Å²) in [7, 11) is 3.67. The van der Waals surface area contributed by atoms with Gasteiger partial charge in [-0.25, -0.2) is 0 Å². The van der Waals surface area contributed by atoms with Crippen molar-refractivity contribution in [2.45, 2.75) is 19.6 Å². The number of hydrogen-bond acceptors (Lipinski definition) is 2. The zero-order valence-electron chi connectivity index (χ0n) is 5.39. The van der Waals surface area contributed by atoms with E-state index in [9.17, 15) is 0 Å². The van der Waals surface area contributed by atoms with E-state index >= 15 is 0 Å². The Morgan fingerprint density at radius 2 is 1.43 bits per heavy atom. The molecule has 0 aromatic rings. The van der Waals surface area contributed by atoms with Gasteiger partial charge >= 0.3 is 0 Å². The first-order valence-electron chi connectivity index (χ1n) is 2.34. The van der Waals surface area contributed by atoms with E-state index in [0.29, 0.717) is 0 Å². The summed E-state index contributed by atoms with van der Waals surface area (Å²) in [5, 5.41) is 9.02. The van der Waals surface area contributed by atoms with Crippen molar-refractivity contribution in [3.05, 3.63) is 0 Å². The van der Waals surface area contributed by atoms with Crippen LogP contribution in [0.15, 0.2) is 0 Å². The standard InChI is InChI=1S/C5H13NO/c1-5(2,7)6(3)4/h7H,1-4H3. The van der Waals surface area contributed by atoms with E-state index in [2.05, 4.69) is 0 Å². The third kappa shape index (κ3) is 2.60. The molecule has 0 radical (unpaired) electrons. The lowest BCUT2D eigenvalue weighted by Gasteiger charge is -2.25. The van der Waals surface area contributed by atoms with Gasteiger partial charge in [-0.2, -0.15) is 0 Å². The molecule has 0 fully saturated rings. The molecule has 0 aromatic heterocycles. The second-order valence-corrected chi connectivity index (χ2v) is 2.39. The molecule has 0 aliphatic carbocycles. The van der Waals surface area contributed by atoms with Crippen LogP contribution < -0.4 is 0 Å². The fourth-order valence-corrected chi connectivity index (χ4v) is 0. The molecule has 1 N–H and O–H groups in total. The molecule has 0 aliphatic rings. The summed E-state index contributed by atoms with van der Waals surface area (Å²) in [5.74, 6) is 0. The Morgan fingerprint density at radius 1 is 1.29 bits per heavy atom. The summed E-state index contributed by atoms with van der Waals surface area (Å²) in [4.78, 5) is 1.74. The predicted molar refractivity (Wildman–Crippen MR) is 30.0 cm³/mol. The van der Waals surface area contributed by atoms with E-state index in [1.54, 1.807) is 18.7 Å². The molecule has 0 atom stereocenters. The monoisotopic (exact) mass is 103 g/mol. The average Bonchev–Trinajstić information content (AvgIpc) is 1.31. The van der Waals surface area contributed by atoms with Gasteiger partial charge in [-0.05, 0) is 27.9 Å². The van der Waals surface area contributed by atoms with Crippen LogP contribution in [0.3, 0.4) is 0 Å². The molecule has 0 heterocycles. The Morgan fingerprint density at radius 3 is 1.43 bits per heavy atom. The topological polar surface area (TPSA) is 23.5 Å². The number of rotatable bonds is 1. The summed E-state index contributed by atoms with van der Waals surface area (Å²) >= 11 is 0. The second-order valence-electron chi connectivity index (χ2n) is 2.39. The smallest absolute Gasteiger partial charge is 0.112 e. The number of nitrogens with zero attached hydrogens (tertiary/aromatic N) is 1. The van der Waals surface area contributed by atoms with E-state index in [4.69, 9.17) is 5.11 Å². The summed E-state index contributed by atoms with van der Waals surface area (Å²) < 4.78 is 0. The molecule has 44 valence electrons. The molecule has 0 rings (SSSR count). The van der Waals surface area contributed by atoms with Crippen LogP contribution in [0.25, 0.3) is 0 Å². The van der Waals surface area contributed by atoms with Crippen molar-refractivity contribution in [3.63, 3.8) is 0 Å². The molecule has 0 saturated carbocycles. The highest BCUT2D eigenvalue weighted by molar-refractivity contribution is 4.58. The molecular weight excluding hydrogens is 90.1 g/mol. The minimum Gasteiger partial charge on any atom is -0.376 e. The van der Waals surface area contributed by atoms with Gasteiger partial charge in [0.15, 0.2) is 0 Å². The largest absolute Gasteiger partial charge is 0.376 e. The Kier molecular flexibility index (Phi) is 1.78. The maximum Gasteiger partial charge on any atom is 0.112 e. The van der Waals surface area contributed by atoms with Crippen molar-refractivity contribution in [1.82, 2.24) is 4.90 Å². The quantitative estimate of drug-likeness (QED) is 0.482. The van der Waals surface area contributed by atoms with Crippen LogP contribution in [0.2, 0.25) is 0 Å². The van der Waals surface area contributed by atoms with Crippen LogP contribution in [0.4, 0.5) is 0 Å². The first kappa shape index (κ1) is 6.92. The second kappa shape index (κ2) is 1.80. The fourth-order valence-electron chi connectivity index (χ4n) is 0. The first-order chi connectivity index (χ1) is 2.94. The summed E-state index contributed by atoms with van der Waals surface area (Å²) in [6, 6.07) is 0. The lowest BCUT2D eigenvalue weighted by atomic mass is 10.3. The van der Waals surface area contributed by atoms with Crippen molar-refractivity contribution in [2.24, 2.45) is 0 Å². The van der Waals surface area contributed by atoms with Crippen molar-refractivity contribution in [3.8, 4) is 0 Å². The molecule has 0 aliphatic heterocycles. The van der Waals surface area contributed by atoms with Crippen molar-refractivity contribution >= 4 is 0 Å². The van der Waals surface area contributed by atoms with Gasteiger partial charge in [0.1, 0.15) is 5.72 Å². The third-order valence-electron chi connectivity index (χ3n) is 1.09. The molecular formula is C5H13NO. The van der Waals surface area contributed by atoms with E-state index in [1.165, 1.54) is 0 Å². The fraction of sp³-hybridized carbons (Fsp3) is 1.00. The van der Waals surface area contributed by atoms with Crippen molar-refractivity contribution in [2.75, 3.05) is 14.1 Å². The zero-order chi connectivity index (χ0) is 6.08. The zero-order valence-corrected chi connectivity index (χ0v) is 5.39. The van der Waals surface area contributed by atoms with Gasteiger partial charge in [0.25, 0.3) is 0 Å². The Bertz CT molecular complexity index is 53.6. The molecule has 0 unspecified atom stereocenters. The number of aliphatic hydroxyl groups is 1. The lowest BCUT2D eigenvalue weighted by Crippen LogP contribution is -2.37. The lowest BCUT2D eigenvalue weighted by molar-refractivity contribution is -0.0480. The van der Waals surface area contributed by atoms with Crippen LogP contribution in [-0.4, -0.2) is 29.8 Å². The molecule has 2 nitrogen and oxygen atoms in total. The average molecular weight is 103 g/mol. The summed E-state index contributed by atoms with van der Waals surface area (Å²) in [5.41, 5.74) is -0.667. The van der Waals surface area contributed by atoms with Gasteiger partial charge < -0.3 is 5.11 Å². The van der Waals surface area contributed by atoms with Gasteiger partial charge in [-0.15, -0.1) is 0 Å². The van der Waals surface area contributed by atoms with Crippen LogP contribution in [0, 0.1) is 0 Å². The molecule has 0 bridgehead atoms. The van der Waals surface area contributed by atoms with Crippen molar-refractivity contribution in [1.29, 1.82) is 0 Å². The Hall–Kier alpha value is -0.0800. The third-order valence-corrected chi connectivity index (χ3v) is 1.09. The maximum absolute atomic E-state index is 9.02. The Balaban J connectivity index is 3.54. The highest BCUT2D eigenvalue weighted by Crippen LogP contribution is 2.01. The normalized spacial score (nSPS) is 12.9. The predicted octanol–water partition coefficient (Wildman–Crippen LogP) is 0.276. The van der Waals surface area contributed by atoms with Crippen molar-refractivity contribution < 1.29 is 5.11 Å². The van der Waals surface area contributed by atoms with Gasteiger partial charge in [-0.1, -0.05) is 0 Å². The summed E-state index contributed by atoms with van der Waals surface area (Å²) in [6.45, 7) is 3.49. The van der Waals surface area contributed by atoms with Crippen LogP contribution in [0.5, 0.6) is 0 Å². The molecule has 2 heteroatoms. The van der Waals surface area contributed by atoms with E-state index < -0.39 is 5.72 Å².